The molecule has 2 aromatic rings. The molecule has 0 unspecified atom stereocenters. The topological polar surface area (TPSA) is 94.6 Å². The summed E-state index contributed by atoms with van der Waals surface area (Å²) in [4.78, 5) is 29.0. The van der Waals surface area contributed by atoms with Crippen molar-refractivity contribution in [2.24, 2.45) is 0 Å². The van der Waals surface area contributed by atoms with E-state index in [0.29, 0.717) is 22.6 Å². The number of aromatic nitrogens is 2. The highest BCUT2D eigenvalue weighted by Gasteiger charge is 2.28. The maximum absolute atomic E-state index is 12.7. The van der Waals surface area contributed by atoms with Gasteiger partial charge in [0, 0.05) is 15.6 Å². The van der Waals surface area contributed by atoms with Crippen LogP contribution >= 0.6 is 15.9 Å². The van der Waals surface area contributed by atoms with Crippen LogP contribution in [-0.2, 0) is 11.3 Å². The predicted molar refractivity (Wildman–Crippen MR) is 122 cm³/mol. The number of aryl methyl sites for hydroxylation is 2. The molecular formula is C24H21BrN2O5. The number of carboxylic acids is 1. The molecule has 0 radical (unpaired) electrons. The Labute approximate surface area is 193 Å². The van der Waals surface area contributed by atoms with E-state index in [1.54, 1.807) is 50.0 Å². The van der Waals surface area contributed by atoms with E-state index in [2.05, 4.69) is 20.9 Å². The minimum absolute atomic E-state index is 0.137. The van der Waals surface area contributed by atoms with Gasteiger partial charge in [-0.2, -0.15) is 0 Å². The molecule has 7 nitrogen and oxygen atoms in total. The fraction of sp³-hybridized carbons (Fsp3) is 0.208. The van der Waals surface area contributed by atoms with Crippen LogP contribution in [0.3, 0.4) is 0 Å². The number of ether oxygens (including phenoxy) is 1. The van der Waals surface area contributed by atoms with Crippen LogP contribution in [0.5, 0.6) is 0 Å². The molecule has 0 amide bonds. The highest BCUT2D eigenvalue weighted by Crippen LogP contribution is 2.47. The summed E-state index contributed by atoms with van der Waals surface area (Å²) >= 11 is 3.69. The Morgan fingerprint density at radius 3 is 2.62 bits per heavy atom. The lowest BCUT2D eigenvalue weighted by Crippen LogP contribution is -2.13. The summed E-state index contributed by atoms with van der Waals surface area (Å²) in [6.07, 6.45) is 3.20. The van der Waals surface area contributed by atoms with E-state index in [9.17, 15) is 14.7 Å². The molecule has 2 aliphatic rings. The summed E-state index contributed by atoms with van der Waals surface area (Å²) in [6, 6.07) is 9.06. The summed E-state index contributed by atoms with van der Waals surface area (Å²) in [7, 11) is 0. The fourth-order valence-corrected chi connectivity index (χ4v) is 4.83. The highest BCUT2D eigenvalue weighted by molar-refractivity contribution is 9.10. The first-order valence-corrected chi connectivity index (χ1v) is 10.8. The molecule has 2 heterocycles. The fourth-order valence-electron chi connectivity index (χ4n) is 4.07. The molecular weight excluding hydrogens is 476 g/mol. The van der Waals surface area contributed by atoms with E-state index >= 15 is 0 Å². The number of fused-ring (bicyclic) bond motifs is 1. The van der Waals surface area contributed by atoms with Gasteiger partial charge in [-0.15, -0.1) is 0 Å². The maximum Gasteiger partial charge on any atom is 0.354 e. The van der Waals surface area contributed by atoms with Crippen molar-refractivity contribution >= 4 is 27.9 Å². The molecule has 8 heteroatoms. The van der Waals surface area contributed by atoms with Gasteiger partial charge in [0.1, 0.15) is 5.82 Å². The molecule has 164 valence electrons. The molecule has 0 fully saturated rings. The van der Waals surface area contributed by atoms with E-state index in [1.165, 1.54) is 0 Å². The number of carbonyl (C=O) groups excluding carboxylic acids is 1. The van der Waals surface area contributed by atoms with E-state index < -0.39 is 11.9 Å². The van der Waals surface area contributed by atoms with Crippen molar-refractivity contribution in [3.63, 3.8) is 0 Å². The zero-order valence-electron chi connectivity index (χ0n) is 17.8. The van der Waals surface area contributed by atoms with Crippen LogP contribution in [0.2, 0.25) is 0 Å². The van der Waals surface area contributed by atoms with Crippen molar-refractivity contribution in [2.45, 2.75) is 27.3 Å². The Balaban J connectivity index is 1.99. The molecule has 1 N–H and O–H groups in total. The number of halogens is 1. The summed E-state index contributed by atoms with van der Waals surface area (Å²) in [5.74, 6) is -0.867. The summed E-state index contributed by atoms with van der Waals surface area (Å²) < 4.78 is 13.1. The number of hydrogen-bond donors (Lipinski definition) is 1. The van der Waals surface area contributed by atoms with Crippen molar-refractivity contribution in [1.29, 1.82) is 0 Å². The highest BCUT2D eigenvalue weighted by atomic mass is 79.9. The van der Waals surface area contributed by atoms with Gasteiger partial charge in [-0.05, 0) is 65.5 Å². The van der Waals surface area contributed by atoms with Crippen molar-refractivity contribution < 1.29 is 23.8 Å². The largest absolute Gasteiger partial charge is 0.477 e. The van der Waals surface area contributed by atoms with E-state index in [4.69, 9.17) is 9.15 Å². The molecule has 1 aromatic carbocycles. The molecule has 0 atom stereocenters. The smallest absolute Gasteiger partial charge is 0.354 e. The van der Waals surface area contributed by atoms with Gasteiger partial charge in [0.05, 0.1) is 36.9 Å². The number of aromatic carboxylic acids is 1. The van der Waals surface area contributed by atoms with Gasteiger partial charge in [0.15, 0.2) is 5.69 Å². The number of esters is 1. The number of carboxylic acid groups (broad SMARTS) is 1. The first-order valence-electron chi connectivity index (χ1n) is 10.0. The van der Waals surface area contributed by atoms with E-state index in [0.717, 1.165) is 26.7 Å². The molecule has 4 rings (SSSR count). The lowest BCUT2D eigenvalue weighted by molar-refractivity contribution is 0.0526. The first kappa shape index (κ1) is 21.8. The van der Waals surface area contributed by atoms with Gasteiger partial charge < -0.3 is 18.8 Å². The van der Waals surface area contributed by atoms with Gasteiger partial charge >= 0.3 is 11.9 Å². The van der Waals surface area contributed by atoms with Gasteiger partial charge in [0.2, 0.25) is 0 Å². The van der Waals surface area contributed by atoms with Gasteiger partial charge in [-0.25, -0.2) is 14.6 Å². The third-order valence-corrected chi connectivity index (χ3v) is 6.24. The average molecular weight is 497 g/mol. The van der Waals surface area contributed by atoms with E-state index in [-0.39, 0.29) is 18.8 Å². The van der Waals surface area contributed by atoms with Crippen LogP contribution in [0, 0.1) is 13.8 Å². The van der Waals surface area contributed by atoms with Gasteiger partial charge in [0.25, 0.3) is 0 Å². The molecule has 0 bridgehead atoms. The Morgan fingerprint density at radius 1 is 1.16 bits per heavy atom. The van der Waals surface area contributed by atoms with Crippen LogP contribution in [-0.4, -0.2) is 33.2 Å². The lowest BCUT2D eigenvalue weighted by atomic mass is 9.97. The van der Waals surface area contributed by atoms with Crippen molar-refractivity contribution in [3.05, 3.63) is 75.7 Å². The molecule has 0 saturated heterocycles. The third-order valence-electron chi connectivity index (χ3n) is 5.42. The van der Waals surface area contributed by atoms with Crippen LogP contribution in [0.25, 0.3) is 22.3 Å². The molecule has 1 aliphatic heterocycles. The Kier molecular flexibility index (Phi) is 5.88. The van der Waals surface area contributed by atoms with Crippen LogP contribution < -0.4 is 0 Å². The van der Waals surface area contributed by atoms with Crippen LogP contribution in [0.15, 0.2) is 51.7 Å². The second kappa shape index (κ2) is 8.63. The predicted octanol–water partition coefficient (Wildman–Crippen LogP) is 5.55. The number of hydrogen-bond acceptors (Lipinski definition) is 5. The van der Waals surface area contributed by atoms with E-state index in [1.807, 2.05) is 18.2 Å². The molecule has 0 spiro atoms. The molecule has 32 heavy (non-hydrogen) atoms. The second-order valence-corrected chi connectivity index (χ2v) is 8.09. The number of nitrogens with zero attached hydrogens (tertiary/aromatic N) is 2. The molecule has 1 aliphatic carbocycles. The van der Waals surface area contributed by atoms with Crippen LogP contribution in [0.4, 0.5) is 0 Å². The molecule has 1 aromatic heterocycles. The van der Waals surface area contributed by atoms with Gasteiger partial charge in [-0.3, -0.25) is 0 Å². The summed E-state index contributed by atoms with van der Waals surface area (Å²) in [6.45, 7) is 5.74. The third kappa shape index (κ3) is 3.60. The zero-order valence-corrected chi connectivity index (χ0v) is 19.4. The summed E-state index contributed by atoms with van der Waals surface area (Å²) in [5, 5.41) is 9.77. The van der Waals surface area contributed by atoms with Crippen molar-refractivity contribution in [2.75, 3.05) is 6.61 Å². The minimum Gasteiger partial charge on any atom is -0.477 e. The Morgan fingerprint density at radius 2 is 1.91 bits per heavy atom. The summed E-state index contributed by atoms with van der Waals surface area (Å²) in [5.41, 5.74) is 5.05. The minimum atomic E-state index is -1.04. The first-order chi connectivity index (χ1) is 15.3. The normalized spacial score (nSPS) is 11.1. The van der Waals surface area contributed by atoms with Crippen molar-refractivity contribution in [1.82, 2.24) is 9.55 Å². The maximum atomic E-state index is 12.7. The van der Waals surface area contributed by atoms with Crippen molar-refractivity contribution in [3.8, 4) is 22.3 Å². The second-order valence-electron chi connectivity index (χ2n) is 7.30. The Hall–Kier alpha value is -3.39. The number of imidazole rings is 1. The molecule has 0 saturated carbocycles. The number of benzene rings is 1. The standard InChI is InChI=1S/C24H21BrN2O5/c1-4-32-24(30)17-8-6-5-7-16(17)20-18(15-9-10-31-12-19(15)21(20)25)11-27-14(3)26-13(2)22(27)23(28)29/h5-10,12H,4,11H2,1-3H3,(H,28,29). The zero-order chi connectivity index (χ0) is 23.0. The lowest BCUT2D eigenvalue weighted by Gasteiger charge is -2.14. The number of rotatable bonds is 6. The Bertz CT molecular complexity index is 1300. The number of carbonyl (C=O) groups is 2. The quantitative estimate of drug-likeness (QED) is 0.351. The van der Waals surface area contributed by atoms with Crippen LogP contribution in [0.1, 0.15) is 44.9 Å². The monoisotopic (exact) mass is 496 g/mol. The van der Waals surface area contributed by atoms with Gasteiger partial charge in [-0.1, -0.05) is 18.2 Å². The average Bonchev–Trinajstić information content (AvgIpc) is 3.21. The SMILES string of the molecule is CCOC(=O)c1ccccc1-c1c(Br)c2coccc-2c1Cn1c(C)nc(C)c1C(=O)O.